The summed E-state index contributed by atoms with van der Waals surface area (Å²) < 4.78 is 11.6. The lowest BCUT2D eigenvalue weighted by molar-refractivity contribution is 0.0268. The summed E-state index contributed by atoms with van der Waals surface area (Å²) in [5, 5.41) is 3.34. The Balaban J connectivity index is 1.61. The van der Waals surface area contributed by atoms with E-state index in [-0.39, 0.29) is 0 Å². The highest BCUT2D eigenvalue weighted by Gasteiger charge is 2.12. The Kier molecular flexibility index (Phi) is 5.67. The van der Waals surface area contributed by atoms with Crippen LogP contribution < -0.4 is 10.1 Å². The molecule has 1 aromatic rings. The molecule has 1 aliphatic rings. The quantitative estimate of drug-likeness (QED) is 0.801. The molecular formula is C16H25NO2. The summed E-state index contributed by atoms with van der Waals surface area (Å²) in [4.78, 5) is 0. The molecule has 0 unspecified atom stereocenters. The molecule has 0 amide bonds. The molecule has 3 nitrogen and oxygen atoms in total. The monoisotopic (exact) mass is 263 g/mol. The predicted molar refractivity (Wildman–Crippen MR) is 77.9 cm³/mol. The van der Waals surface area contributed by atoms with Gasteiger partial charge in [-0.25, -0.2) is 0 Å². The van der Waals surface area contributed by atoms with Crippen LogP contribution >= 0.6 is 0 Å². The van der Waals surface area contributed by atoms with E-state index in [0.29, 0.717) is 6.10 Å². The Bertz CT molecular complexity index is 386. The summed E-state index contributed by atoms with van der Waals surface area (Å²) in [7, 11) is 0. The SMILES string of the molecule is Cc1ccc(OCCCOC2CCNCC2)c(C)c1. The zero-order valence-electron chi connectivity index (χ0n) is 12.1. The maximum atomic E-state index is 5.85. The van der Waals surface area contributed by atoms with E-state index >= 15 is 0 Å². The van der Waals surface area contributed by atoms with Crippen LogP contribution in [0, 0.1) is 13.8 Å². The van der Waals surface area contributed by atoms with Gasteiger partial charge < -0.3 is 14.8 Å². The van der Waals surface area contributed by atoms with Crippen LogP contribution in [0.3, 0.4) is 0 Å². The Labute approximate surface area is 116 Å². The van der Waals surface area contributed by atoms with Crippen molar-refractivity contribution in [1.82, 2.24) is 5.32 Å². The lowest BCUT2D eigenvalue weighted by Gasteiger charge is -2.22. The third-order valence-electron chi connectivity index (χ3n) is 3.52. The fraction of sp³-hybridized carbons (Fsp3) is 0.625. The lowest BCUT2D eigenvalue weighted by Crippen LogP contribution is -2.32. The van der Waals surface area contributed by atoms with Crippen molar-refractivity contribution in [1.29, 1.82) is 0 Å². The van der Waals surface area contributed by atoms with Crippen LogP contribution in [0.1, 0.15) is 30.4 Å². The van der Waals surface area contributed by atoms with Crippen molar-refractivity contribution >= 4 is 0 Å². The maximum absolute atomic E-state index is 5.85. The number of ether oxygens (including phenoxy) is 2. The minimum Gasteiger partial charge on any atom is -0.493 e. The molecule has 19 heavy (non-hydrogen) atoms. The average Bonchev–Trinajstić information content (AvgIpc) is 2.42. The van der Waals surface area contributed by atoms with Crippen LogP contribution in [0.15, 0.2) is 18.2 Å². The van der Waals surface area contributed by atoms with E-state index < -0.39 is 0 Å². The summed E-state index contributed by atoms with van der Waals surface area (Å²) in [5.74, 6) is 0.993. The predicted octanol–water partition coefficient (Wildman–Crippen LogP) is 2.84. The van der Waals surface area contributed by atoms with Gasteiger partial charge in [0, 0.05) is 6.42 Å². The molecule has 0 saturated carbocycles. The number of hydrogen-bond donors (Lipinski definition) is 1. The molecule has 0 aliphatic carbocycles. The van der Waals surface area contributed by atoms with Gasteiger partial charge in [-0.15, -0.1) is 0 Å². The summed E-state index contributed by atoms with van der Waals surface area (Å²) in [5.41, 5.74) is 2.48. The number of hydrogen-bond acceptors (Lipinski definition) is 3. The molecule has 1 saturated heterocycles. The normalized spacial score (nSPS) is 16.5. The van der Waals surface area contributed by atoms with Crippen LogP contribution in [0.4, 0.5) is 0 Å². The van der Waals surface area contributed by atoms with Gasteiger partial charge in [0.1, 0.15) is 5.75 Å². The van der Waals surface area contributed by atoms with Crippen molar-refractivity contribution in [2.24, 2.45) is 0 Å². The largest absolute Gasteiger partial charge is 0.493 e. The van der Waals surface area contributed by atoms with Gasteiger partial charge in [0.15, 0.2) is 0 Å². The van der Waals surface area contributed by atoms with Crippen molar-refractivity contribution in [3.05, 3.63) is 29.3 Å². The van der Waals surface area contributed by atoms with Crippen molar-refractivity contribution in [3.8, 4) is 5.75 Å². The van der Waals surface area contributed by atoms with Crippen molar-refractivity contribution in [3.63, 3.8) is 0 Å². The molecule has 0 bridgehead atoms. The first kappa shape index (κ1) is 14.4. The molecule has 1 aliphatic heterocycles. The van der Waals surface area contributed by atoms with E-state index in [0.717, 1.165) is 51.3 Å². The van der Waals surface area contributed by atoms with Crippen LogP contribution in [-0.4, -0.2) is 32.4 Å². The number of piperidine rings is 1. The molecule has 1 N–H and O–H groups in total. The molecule has 0 spiro atoms. The molecule has 1 aromatic carbocycles. The molecule has 0 aromatic heterocycles. The van der Waals surface area contributed by atoms with Gasteiger partial charge in [-0.1, -0.05) is 17.7 Å². The van der Waals surface area contributed by atoms with E-state index in [1.54, 1.807) is 0 Å². The Morgan fingerprint density at radius 1 is 1.16 bits per heavy atom. The molecule has 106 valence electrons. The van der Waals surface area contributed by atoms with E-state index in [1.165, 1.54) is 11.1 Å². The lowest BCUT2D eigenvalue weighted by atomic mass is 10.1. The van der Waals surface area contributed by atoms with Gasteiger partial charge in [0.25, 0.3) is 0 Å². The van der Waals surface area contributed by atoms with Gasteiger partial charge in [-0.3, -0.25) is 0 Å². The van der Waals surface area contributed by atoms with E-state index in [9.17, 15) is 0 Å². The second-order valence-corrected chi connectivity index (χ2v) is 5.29. The summed E-state index contributed by atoms with van der Waals surface area (Å²) in [6.45, 7) is 7.90. The van der Waals surface area contributed by atoms with E-state index in [4.69, 9.17) is 9.47 Å². The Morgan fingerprint density at radius 3 is 2.68 bits per heavy atom. The fourth-order valence-corrected chi connectivity index (χ4v) is 2.41. The van der Waals surface area contributed by atoms with E-state index in [2.05, 4.69) is 37.4 Å². The number of aryl methyl sites for hydroxylation is 2. The zero-order chi connectivity index (χ0) is 13.5. The standard InChI is InChI=1S/C16H25NO2/c1-13-4-5-16(14(2)12-13)19-11-3-10-18-15-6-8-17-9-7-15/h4-5,12,15,17H,3,6-11H2,1-2H3. The van der Waals surface area contributed by atoms with Crippen molar-refractivity contribution in [2.75, 3.05) is 26.3 Å². The third-order valence-corrected chi connectivity index (χ3v) is 3.52. The summed E-state index contributed by atoms with van der Waals surface area (Å²) in [6, 6.07) is 6.30. The van der Waals surface area contributed by atoms with Gasteiger partial charge in [-0.2, -0.15) is 0 Å². The molecular weight excluding hydrogens is 238 g/mol. The van der Waals surface area contributed by atoms with Crippen LogP contribution in [0.25, 0.3) is 0 Å². The third kappa shape index (κ3) is 4.84. The maximum Gasteiger partial charge on any atom is 0.122 e. The van der Waals surface area contributed by atoms with Crippen LogP contribution in [0.5, 0.6) is 5.75 Å². The van der Waals surface area contributed by atoms with E-state index in [1.807, 2.05) is 0 Å². The first-order valence-electron chi connectivity index (χ1n) is 7.28. The highest BCUT2D eigenvalue weighted by molar-refractivity contribution is 5.35. The molecule has 0 atom stereocenters. The van der Waals surface area contributed by atoms with Crippen molar-refractivity contribution in [2.45, 2.75) is 39.2 Å². The summed E-state index contributed by atoms with van der Waals surface area (Å²) in [6.07, 6.45) is 3.68. The summed E-state index contributed by atoms with van der Waals surface area (Å²) >= 11 is 0. The topological polar surface area (TPSA) is 30.5 Å². The molecule has 1 fully saturated rings. The van der Waals surface area contributed by atoms with Crippen LogP contribution in [0.2, 0.25) is 0 Å². The van der Waals surface area contributed by atoms with Gasteiger partial charge >= 0.3 is 0 Å². The molecule has 2 rings (SSSR count). The number of rotatable bonds is 6. The Hall–Kier alpha value is -1.06. The van der Waals surface area contributed by atoms with Crippen LogP contribution in [-0.2, 0) is 4.74 Å². The molecule has 1 heterocycles. The first-order chi connectivity index (χ1) is 9.25. The Morgan fingerprint density at radius 2 is 1.95 bits per heavy atom. The minimum atomic E-state index is 0.447. The highest BCUT2D eigenvalue weighted by Crippen LogP contribution is 2.18. The minimum absolute atomic E-state index is 0.447. The van der Waals surface area contributed by atoms with Gasteiger partial charge in [-0.05, 0) is 51.4 Å². The first-order valence-corrected chi connectivity index (χ1v) is 7.28. The average molecular weight is 263 g/mol. The second kappa shape index (κ2) is 7.51. The molecule has 3 heteroatoms. The van der Waals surface area contributed by atoms with Gasteiger partial charge in [0.05, 0.1) is 19.3 Å². The molecule has 0 radical (unpaired) electrons. The fourth-order valence-electron chi connectivity index (χ4n) is 2.41. The second-order valence-electron chi connectivity index (χ2n) is 5.29. The zero-order valence-corrected chi connectivity index (χ0v) is 12.1. The van der Waals surface area contributed by atoms with Crippen molar-refractivity contribution < 1.29 is 9.47 Å². The number of nitrogens with one attached hydrogen (secondary N) is 1. The highest BCUT2D eigenvalue weighted by atomic mass is 16.5. The number of benzene rings is 1. The smallest absolute Gasteiger partial charge is 0.122 e. The van der Waals surface area contributed by atoms with Gasteiger partial charge in [0.2, 0.25) is 0 Å².